The van der Waals surface area contributed by atoms with Crippen LogP contribution in [0.25, 0.3) is 0 Å². The summed E-state index contributed by atoms with van der Waals surface area (Å²) in [6, 6.07) is 1.86. The zero-order valence-corrected chi connectivity index (χ0v) is 16.1. The SMILES string of the molecule is O=C(c1ccoc1)N1CCCC(N(CCN2CCCC2)C(=O)C2CCC2)C1. The van der Waals surface area contributed by atoms with Gasteiger partial charge >= 0.3 is 0 Å². The molecular formula is C21H31N3O3. The molecule has 0 aromatic carbocycles. The van der Waals surface area contributed by atoms with Crippen LogP contribution < -0.4 is 0 Å². The minimum Gasteiger partial charge on any atom is -0.472 e. The quantitative estimate of drug-likeness (QED) is 0.769. The molecule has 2 aliphatic heterocycles. The molecule has 0 bridgehead atoms. The maximum Gasteiger partial charge on any atom is 0.257 e. The Kier molecular flexibility index (Phi) is 5.81. The van der Waals surface area contributed by atoms with Crippen LogP contribution in [0.2, 0.25) is 0 Å². The average Bonchev–Trinajstić information content (AvgIpc) is 3.34. The van der Waals surface area contributed by atoms with Gasteiger partial charge < -0.3 is 19.1 Å². The molecule has 6 heteroatoms. The lowest BCUT2D eigenvalue weighted by Gasteiger charge is -2.42. The first-order valence-corrected chi connectivity index (χ1v) is 10.6. The second-order valence-electron chi connectivity index (χ2n) is 8.27. The summed E-state index contributed by atoms with van der Waals surface area (Å²) in [7, 11) is 0. The van der Waals surface area contributed by atoms with E-state index in [2.05, 4.69) is 9.80 Å². The van der Waals surface area contributed by atoms with Crippen LogP contribution >= 0.6 is 0 Å². The van der Waals surface area contributed by atoms with E-state index < -0.39 is 0 Å². The Morgan fingerprint density at radius 1 is 1.07 bits per heavy atom. The molecule has 1 unspecified atom stereocenters. The van der Waals surface area contributed by atoms with Crippen molar-refractivity contribution < 1.29 is 14.0 Å². The van der Waals surface area contributed by atoms with E-state index >= 15 is 0 Å². The van der Waals surface area contributed by atoms with Crippen molar-refractivity contribution in [2.75, 3.05) is 39.3 Å². The van der Waals surface area contributed by atoms with Crippen molar-refractivity contribution in [2.45, 2.75) is 51.0 Å². The fourth-order valence-electron chi connectivity index (χ4n) is 4.58. The third-order valence-electron chi connectivity index (χ3n) is 6.49. The number of furan rings is 1. The van der Waals surface area contributed by atoms with Crippen LogP contribution in [0, 0.1) is 5.92 Å². The molecule has 1 atom stereocenters. The third kappa shape index (κ3) is 4.21. The molecule has 3 aliphatic rings. The molecule has 0 radical (unpaired) electrons. The summed E-state index contributed by atoms with van der Waals surface area (Å²) in [5.41, 5.74) is 0.601. The number of carbonyl (C=O) groups excluding carboxylic acids is 2. The summed E-state index contributed by atoms with van der Waals surface area (Å²) in [5.74, 6) is 0.552. The van der Waals surface area contributed by atoms with Crippen LogP contribution in [-0.2, 0) is 4.79 Å². The normalized spacial score (nSPS) is 24.0. The Bertz CT molecular complexity index is 635. The largest absolute Gasteiger partial charge is 0.472 e. The summed E-state index contributed by atoms with van der Waals surface area (Å²) in [6.45, 7) is 5.47. The van der Waals surface area contributed by atoms with Gasteiger partial charge in [0.1, 0.15) is 6.26 Å². The highest BCUT2D eigenvalue weighted by atomic mass is 16.3. The van der Waals surface area contributed by atoms with Crippen LogP contribution in [0.3, 0.4) is 0 Å². The Labute approximate surface area is 161 Å². The van der Waals surface area contributed by atoms with E-state index in [0.29, 0.717) is 18.0 Å². The molecule has 1 saturated carbocycles. The monoisotopic (exact) mass is 373 g/mol. The first-order valence-electron chi connectivity index (χ1n) is 10.6. The molecule has 1 aromatic heterocycles. The van der Waals surface area contributed by atoms with E-state index in [1.165, 1.54) is 31.8 Å². The molecule has 3 heterocycles. The van der Waals surface area contributed by atoms with E-state index in [9.17, 15) is 9.59 Å². The van der Waals surface area contributed by atoms with Gasteiger partial charge in [-0.3, -0.25) is 9.59 Å². The number of amides is 2. The smallest absolute Gasteiger partial charge is 0.257 e. The van der Waals surface area contributed by atoms with Gasteiger partial charge in [0.15, 0.2) is 0 Å². The topological polar surface area (TPSA) is 57.0 Å². The van der Waals surface area contributed by atoms with Gasteiger partial charge in [0.2, 0.25) is 5.91 Å². The van der Waals surface area contributed by atoms with Gasteiger partial charge in [0.25, 0.3) is 5.91 Å². The number of piperidine rings is 1. The van der Waals surface area contributed by atoms with E-state index in [1.54, 1.807) is 6.07 Å². The highest BCUT2D eigenvalue weighted by Crippen LogP contribution is 2.30. The van der Waals surface area contributed by atoms with E-state index in [1.807, 2.05) is 4.90 Å². The zero-order valence-electron chi connectivity index (χ0n) is 16.1. The second kappa shape index (κ2) is 8.46. The lowest BCUT2D eigenvalue weighted by atomic mass is 9.83. The molecule has 27 heavy (non-hydrogen) atoms. The van der Waals surface area contributed by atoms with Gasteiger partial charge in [-0.15, -0.1) is 0 Å². The van der Waals surface area contributed by atoms with Gasteiger partial charge in [0.05, 0.1) is 11.8 Å². The summed E-state index contributed by atoms with van der Waals surface area (Å²) >= 11 is 0. The van der Waals surface area contributed by atoms with Crippen LogP contribution in [0.5, 0.6) is 0 Å². The fraction of sp³-hybridized carbons (Fsp3) is 0.714. The fourth-order valence-corrected chi connectivity index (χ4v) is 4.58. The Balaban J connectivity index is 1.42. The Hall–Kier alpha value is -1.82. The first kappa shape index (κ1) is 18.5. The molecule has 4 rings (SSSR count). The molecule has 148 valence electrons. The number of hydrogen-bond donors (Lipinski definition) is 0. The van der Waals surface area contributed by atoms with Gasteiger partial charge in [0, 0.05) is 38.1 Å². The maximum absolute atomic E-state index is 13.1. The molecule has 2 saturated heterocycles. The Morgan fingerprint density at radius 3 is 2.56 bits per heavy atom. The summed E-state index contributed by atoms with van der Waals surface area (Å²) in [4.78, 5) is 32.3. The predicted octanol–water partition coefficient (Wildman–Crippen LogP) is 2.61. The summed E-state index contributed by atoms with van der Waals surface area (Å²) in [5, 5.41) is 0. The predicted molar refractivity (Wildman–Crippen MR) is 102 cm³/mol. The molecule has 1 aliphatic carbocycles. The molecule has 2 amide bonds. The van der Waals surface area contributed by atoms with Gasteiger partial charge in [-0.05, 0) is 57.7 Å². The molecule has 0 N–H and O–H groups in total. The third-order valence-corrected chi connectivity index (χ3v) is 6.49. The van der Waals surface area contributed by atoms with Crippen LogP contribution in [-0.4, -0.2) is 71.8 Å². The van der Waals surface area contributed by atoms with E-state index in [0.717, 1.165) is 58.4 Å². The van der Waals surface area contributed by atoms with Gasteiger partial charge in [-0.1, -0.05) is 6.42 Å². The summed E-state index contributed by atoms with van der Waals surface area (Å²) < 4.78 is 5.07. The molecule has 1 aromatic rings. The summed E-state index contributed by atoms with van der Waals surface area (Å²) in [6.07, 6.45) is 10.8. The maximum atomic E-state index is 13.1. The average molecular weight is 373 g/mol. The Morgan fingerprint density at radius 2 is 1.89 bits per heavy atom. The number of carbonyl (C=O) groups is 2. The number of nitrogens with zero attached hydrogens (tertiary/aromatic N) is 3. The molecule has 6 nitrogen and oxygen atoms in total. The number of likely N-dealkylation sites (tertiary alicyclic amines) is 2. The van der Waals surface area contributed by atoms with Crippen LogP contribution in [0.15, 0.2) is 23.0 Å². The van der Waals surface area contributed by atoms with Crippen molar-refractivity contribution in [3.63, 3.8) is 0 Å². The van der Waals surface area contributed by atoms with Crippen molar-refractivity contribution in [1.82, 2.24) is 14.7 Å². The number of hydrogen-bond acceptors (Lipinski definition) is 4. The number of rotatable bonds is 6. The molecule has 0 spiro atoms. The second-order valence-corrected chi connectivity index (χ2v) is 8.27. The highest BCUT2D eigenvalue weighted by molar-refractivity contribution is 5.94. The van der Waals surface area contributed by atoms with Crippen molar-refractivity contribution in [3.05, 3.63) is 24.2 Å². The lowest BCUT2D eigenvalue weighted by molar-refractivity contribution is -0.141. The van der Waals surface area contributed by atoms with Crippen molar-refractivity contribution >= 4 is 11.8 Å². The van der Waals surface area contributed by atoms with Crippen molar-refractivity contribution in [3.8, 4) is 0 Å². The molecule has 3 fully saturated rings. The highest BCUT2D eigenvalue weighted by Gasteiger charge is 2.36. The zero-order chi connectivity index (χ0) is 18.6. The molecular weight excluding hydrogens is 342 g/mol. The van der Waals surface area contributed by atoms with Crippen molar-refractivity contribution in [2.24, 2.45) is 5.92 Å². The van der Waals surface area contributed by atoms with Gasteiger partial charge in [-0.25, -0.2) is 0 Å². The van der Waals surface area contributed by atoms with Gasteiger partial charge in [-0.2, -0.15) is 0 Å². The lowest BCUT2D eigenvalue weighted by Crippen LogP contribution is -2.55. The minimum absolute atomic E-state index is 0.0176. The standard InChI is InChI=1S/C21H31N3O3/c25-20(18-8-14-27-16-18)23-11-4-7-19(15-23)24(21(26)17-5-3-6-17)13-12-22-9-1-2-10-22/h8,14,16-17,19H,1-7,9-13,15H2. The minimum atomic E-state index is 0.0176. The van der Waals surface area contributed by atoms with Crippen LogP contribution in [0.4, 0.5) is 0 Å². The van der Waals surface area contributed by atoms with Crippen LogP contribution in [0.1, 0.15) is 55.3 Å². The van der Waals surface area contributed by atoms with E-state index in [-0.39, 0.29) is 17.9 Å². The van der Waals surface area contributed by atoms with Crippen molar-refractivity contribution in [1.29, 1.82) is 0 Å². The first-order chi connectivity index (χ1) is 13.2. The van der Waals surface area contributed by atoms with E-state index in [4.69, 9.17) is 4.42 Å².